The fraction of sp³-hybridized carbons (Fsp3) is 1.00. The smallest absolute Gasteiger partial charge is 0.0192 e. The highest BCUT2D eigenvalue weighted by molar-refractivity contribution is 5.06. The molecule has 4 bridgehead atoms. The molecule has 5 fully saturated rings. The molecule has 1 aliphatic heterocycles. The zero-order chi connectivity index (χ0) is 12.0. The van der Waals surface area contributed by atoms with Crippen LogP contribution >= 0.6 is 0 Å². The fourth-order valence-electron chi connectivity index (χ4n) is 5.77. The minimum absolute atomic E-state index is 0.563. The molecule has 1 saturated heterocycles. The summed E-state index contributed by atoms with van der Waals surface area (Å²) in [6, 6.07) is 0.756. The molecule has 5 rings (SSSR count). The van der Waals surface area contributed by atoms with Gasteiger partial charge in [0, 0.05) is 18.1 Å². The number of hydrogen-bond donors (Lipinski definition) is 2. The van der Waals surface area contributed by atoms with Crippen LogP contribution in [0, 0.1) is 17.8 Å². The van der Waals surface area contributed by atoms with E-state index in [2.05, 4.69) is 10.6 Å². The molecule has 0 aromatic rings. The Labute approximate surface area is 111 Å². The van der Waals surface area contributed by atoms with Crippen molar-refractivity contribution >= 4 is 0 Å². The monoisotopic (exact) mass is 248 g/mol. The van der Waals surface area contributed by atoms with E-state index in [-0.39, 0.29) is 0 Å². The van der Waals surface area contributed by atoms with Gasteiger partial charge in [0.2, 0.25) is 0 Å². The average molecular weight is 248 g/mol. The third-order valence-corrected chi connectivity index (χ3v) is 6.17. The van der Waals surface area contributed by atoms with Crippen molar-refractivity contribution in [2.45, 2.75) is 69.4 Å². The second kappa shape index (κ2) is 4.49. The van der Waals surface area contributed by atoms with Crippen molar-refractivity contribution in [3.05, 3.63) is 0 Å². The van der Waals surface area contributed by atoms with E-state index in [9.17, 15) is 0 Å². The third-order valence-electron chi connectivity index (χ3n) is 6.17. The molecule has 0 amide bonds. The summed E-state index contributed by atoms with van der Waals surface area (Å²) < 4.78 is 0. The van der Waals surface area contributed by atoms with Gasteiger partial charge in [0.15, 0.2) is 0 Å². The quantitative estimate of drug-likeness (QED) is 0.802. The molecule has 2 heteroatoms. The van der Waals surface area contributed by atoms with E-state index >= 15 is 0 Å². The molecule has 1 heterocycles. The summed E-state index contributed by atoms with van der Waals surface area (Å²) in [5.41, 5.74) is 0.563. The fourth-order valence-corrected chi connectivity index (χ4v) is 5.77. The van der Waals surface area contributed by atoms with Gasteiger partial charge in [0.25, 0.3) is 0 Å². The Morgan fingerprint density at radius 1 is 0.944 bits per heavy atom. The predicted octanol–water partition coefficient (Wildman–Crippen LogP) is 2.69. The molecular weight excluding hydrogens is 220 g/mol. The first-order valence-corrected chi connectivity index (χ1v) is 8.30. The Balaban J connectivity index is 1.38. The van der Waals surface area contributed by atoms with Gasteiger partial charge in [-0.25, -0.2) is 0 Å². The van der Waals surface area contributed by atoms with Crippen molar-refractivity contribution in [1.82, 2.24) is 10.6 Å². The van der Waals surface area contributed by atoms with Gasteiger partial charge < -0.3 is 10.6 Å². The van der Waals surface area contributed by atoms with Crippen LogP contribution in [-0.4, -0.2) is 24.7 Å². The van der Waals surface area contributed by atoms with Crippen molar-refractivity contribution in [3.8, 4) is 0 Å². The molecule has 1 atom stereocenters. The molecule has 0 aromatic heterocycles. The van der Waals surface area contributed by atoms with E-state index in [1.165, 1.54) is 51.6 Å². The first-order chi connectivity index (χ1) is 8.81. The molecule has 0 radical (unpaired) electrons. The zero-order valence-corrected chi connectivity index (χ0v) is 11.6. The summed E-state index contributed by atoms with van der Waals surface area (Å²) in [5.74, 6) is 3.22. The average Bonchev–Trinajstić information content (AvgIpc) is 2.36. The van der Waals surface area contributed by atoms with Crippen LogP contribution in [0.5, 0.6) is 0 Å². The van der Waals surface area contributed by atoms with E-state index < -0.39 is 0 Å². The molecular formula is C16H28N2. The molecule has 4 aliphatic carbocycles. The van der Waals surface area contributed by atoms with Gasteiger partial charge in [-0.2, -0.15) is 0 Å². The lowest BCUT2D eigenvalue weighted by atomic mass is 9.53. The predicted molar refractivity (Wildman–Crippen MR) is 74.5 cm³/mol. The normalized spacial score (nSPS) is 50.7. The number of hydrogen-bond acceptors (Lipinski definition) is 2. The number of piperidine rings is 1. The van der Waals surface area contributed by atoms with Crippen molar-refractivity contribution in [2.24, 2.45) is 17.8 Å². The van der Waals surface area contributed by atoms with Crippen LogP contribution in [-0.2, 0) is 0 Å². The van der Waals surface area contributed by atoms with Gasteiger partial charge in [-0.3, -0.25) is 0 Å². The van der Waals surface area contributed by atoms with E-state index in [0.717, 1.165) is 23.8 Å². The molecule has 2 nitrogen and oxygen atoms in total. The standard InChI is InChI=1S/C16H28N2/c1-2-4-17-15(3-1)11-18-16-8-12-5-13(9-16)7-14(6-12)10-16/h12-15,17-18H,1-11H2. The highest BCUT2D eigenvalue weighted by atomic mass is 15.0. The molecule has 18 heavy (non-hydrogen) atoms. The van der Waals surface area contributed by atoms with Crippen LogP contribution < -0.4 is 10.6 Å². The number of rotatable bonds is 3. The van der Waals surface area contributed by atoms with Crippen molar-refractivity contribution < 1.29 is 0 Å². The summed E-state index contributed by atoms with van der Waals surface area (Å²) in [4.78, 5) is 0. The topological polar surface area (TPSA) is 24.1 Å². The van der Waals surface area contributed by atoms with E-state index in [1.54, 1.807) is 19.3 Å². The van der Waals surface area contributed by atoms with Crippen LogP contribution in [0.25, 0.3) is 0 Å². The van der Waals surface area contributed by atoms with Gasteiger partial charge in [-0.05, 0) is 75.7 Å². The van der Waals surface area contributed by atoms with Crippen molar-refractivity contribution in [1.29, 1.82) is 0 Å². The van der Waals surface area contributed by atoms with Gasteiger partial charge in [-0.15, -0.1) is 0 Å². The highest BCUT2D eigenvalue weighted by Crippen LogP contribution is 2.55. The SMILES string of the molecule is C1CCC(CNC23CC4CC(CC(C4)C2)C3)NC1. The largest absolute Gasteiger partial charge is 0.313 e. The second-order valence-electron chi connectivity index (χ2n) is 7.73. The molecule has 4 saturated carbocycles. The van der Waals surface area contributed by atoms with Crippen LogP contribution in [0.1, 0.15) is 57.8 Å². The first kappa shape index (κ1) is 11.7. The Morgan fingerprint density at radius 2 is 1.61 bits per heavy atom. The molecule has 5 aliphatic rings. The van der Waals surface area contributed by atoms with Crippen molar-refractivity contribution in [2.75, 3.05) is 13.1 Å². The lowest BCUT2D eigenvalue weighted by Gasteiger charge is -2.57. The van der Waals surface area contributed by atoms with Crippen LogP contribution in [0.15, 0.2) is 0 Å². The minimum atomic E-state index is 0.563. The zero-order valence-electron chi connectivity index (χ0n) is 11.6. The Bertz CT molecular complexity index is 271. The summed E-state index contributed by atoms with van der Waals surface area (Å²) in [6.07, 6.45) is 13.4. The van der Waals surface area contributed by atoms with Crippen LogP contribution in [0.3, 0.4) is 0 Å². The van der Waals surface area contributed by atoms with Gasteiger partial charge >= 0.3 is 0 Å². The maximum atomic E-state index is 4.03. The summed E-state index contributed by atoms with van der Waals surface area (Å²) >= 11 is 0. The first-order valence-electron chi connectivity index (χ1n) is 8.30. The van der Waals surface area contributed by atoms with E-state index in [1.807, 2.05) is 0 Å². The van der Waals surface area contributed by atoms with Gasteiger partial charge in [0.05, 0.1) is 0 Å². The molecule has 2 N–H and O–H groups in total. The Kier molecular flexibility index (Phi) is 2.92. The molecule has 0 spiro atoms. The highest BCUT2D eigenvalue weighted by Gasteiger charge is 2.50. The van der Waals surface area contributed by atoms with Gasteiger partial charge in [0.1, 0.15) is 0 Å². The molecule has 102 valence electrons. The number of nitrogens with one attached hydrogen (secondary N) is 2. The maximum absolute atomic E-state index is 4.03. The van der Waals surface area contributed by atoms with Gasteiger partial charge in [-0.1, -0.05) is 6.42 Å². The maximum Gasteiger partial charge on any atom is 0.0192 e. The molecule has 0 aromatic carbocycles. The minimum Gasteiger partial charge on any atom is -0.313 e. The summed E-state index contributed by atoms with van der Waals surface area (Å²) in [7, 11) is 0. The molecule has 1 unspecified atom stereocenters. The summed E-state index contributed by atoms with van der Waals surface area (Å²) in [5, 5.41) is 7.72. The lowest BCUT2D eigenvalue weighted by molar-refractivity contribution is -0.0208. The Hall–Kier alpha value is -0.0800. The Morgan fingerprint density at radius 3 is 2.17 bits per heavy atom. The van der Waals surface area contributed by atoms with E-state index in [4.69, 9.17) is 0 Å². The van der Waals surface area contributed by atoms with Crippen LogP contribution in [0.4, 0.5) is 0 Å². The van der Waals surface area contributed by atoms with E-state index in [0.29, 0.717) is 5.54 Å². The van der Waals surface area contributed by atoms with Crippen molar-refractivity contribution in [3.63, 3.8) is 0 Å². The third kappa shape index (κ3) is 2.12. The summed E-state index contributed by atoms with van der Waals surface area (Å²) in [6.45, 7) is 2.47. The van der Waals surface area contributed by atoms with Crippen LogP contribution in [0.2, 0.25) is 0 Å². The second-order valence-corrected chi connectivity index (χ2v) is 7.73. The lowest BCUT2D eigenvalue weighted by Crippen LogP contribution is -2.60.